The second kappa shape index (κ2) is 5.67. The van der Waals surface area contributed by atoms with Gasteiger partial charge in [-0.05, 0) is 23.6 Å². The predicted molar refractivity (Wildman–Crippen MR) is 67.7 cm³/mol. The Bertz CT molecular complexity index is 359. The van der Waals surface area contributed by atoms with Crippen LogP contribution in [-0.4, -0.2) is 29.1 Å². The number of benzene rings is 1. The molecule has 0 aromatic heterocycles. The Balaban J connectivity index is 0.00000144. The number of nitrogens with zero attached hydrogens (tertiary/aromatic N) is 1. The molecule has 0 bridgehead atoms. The van der Waals surface area contributed by atoms with Crippen molar-refractivity contribution in [2.24, 2.45) is 11.7 Å². The van der Waals surface area contributed by atoms with Gasteiger partial charge < -0.3 is 10.8 Å². The highest BCUT2D eigenvalue weighted by Crippen LogP contribution is 2.20. The Morgan fingerprint density at radius 1 is 1.41 bits per heavy atom. The number of phenolic OH excluding ortho intramolecular Hbond substituents is 1. The zero-order valence-corrected chi connectivity index (χ0v) is 10.6. The molecule has 96 valence electrons. The van der Waals surface area contributed by atoms with Crippen molar-refractivity contribution < 1.29 is 9.50 Å². The fourth-order valence-electron chi connectivity index (χ4n) is 2.21. The molecule has 2 rings (SSSR count). The van der Waals surface area contributed by atoms with Crippen LogP contribution in [0.2, 0.25) is 0 Å². The van der Waals surface area contributed by atoms with Crippen molar-refractivity contribution in [3.63, 3.8) is 0 Å². The molecular formula is C12H18ClFN2O. The van der Waals surface area contributed by atoms with E-state index in [1.54, 1.807) is 6.07 Å². The molecule has 5 heteroatoms. The molecule has 3 N–H and O–H groups in total. The molecule has 1 fully saturated rings. The van der Waals surface area contributed by atoms with E-state index < -0.39 is 5.82 Å². The summed E-state index contributed by atoms with van der Waals surface area (Å²) in [6.07, 6.45) is 0. The van der Waals surface area contributed by atoms with Crippen molar-refractivity contribution in [1.82, 2.24) is 4.90 Å². The van der Waals surface area contributed by atoms with Gasteiger partial charge >= 0.3 is 0 Å². The van der Waals surface area contributed by atoms with E-state index >= 15 is 0 Å². The highest BCUT2D eigenvalue weighted by atomic mass is 35.5. The van der Waals surface area contributed by atoms with E-state index in [1.165, 1.54) is 6.07 Å². The van der Waals surface area contributed by atoms with Crippen molar-refractivity contribution >= 4 is 12.4 Å². The highest BCUT2D eigenvalue weighted by Gasteiger charge is 2.26. The molecule has 0 spiro atoms. The zero-order chi connectivity index (χ0) is 11.7. The Morgan fingerprint density at radius 2 is 2.12 bits per heavy atom. The van der Waals surface area contributed by atoms with Crippen LogP contribution < -0.4 is 5.73 Å². The molecule has 0 aliphatic carbocycles. The van der Waals surface area contributed by atoms with Crippen LogP contribution in [0.1, 0.15) is 12.5 Å². The van der Waals surface area contributed by atoms with Gasteiger partial charge in [-0.2, -0.15) is 0 Å². The van der Waals surface area contributed by atoms with E-state index in [4.69, 9.17) is 5.73 Å². The summed E-state index contributed by atoms with van der Waals surface area (Å²) in [5.41, 5.74) is 6.71. The lowest BCUT2D eigenvalue weighted by atomic mass is 10.1. The molecule has 1 aliphatic heterocycles. The van der Waals surface area contributed by atoms with Crippen LogP contribution in [0, 0.1) is 11.7 Å². The zero-order valence-electron chi connectivity index (χ0n) is 9.77. The van der Waals surface area contributed by atoms with Crippen LogP contribution in [-0.2, 0) is 6.54 Å². The van der Waals surface area contributed by atoms with Crippen molar-refractivity contribution in [3.05, 3.63) is 29.6 Å². The first-order valence-corrected chi connectivity index (χ1v) is 5.51. The lowest BCUT2D eigenvalue weighted by molar-refractivity contribution is 0.317. The Morgan fingerprint density at radius 3 is 2.65 bits per heavy atom. The first kappa shape index (κ1) is 14.2. The molecule has 1 heterocycles. The summed E-state index contributed by atoms with van der Waals surface area (Å²) in [6, 6.07) is 4.36. The normalized spacial score (nSPS) is 24.6. The van der Waals surface area contributed by atoms with Crippen molar-refractivity contribution in [3.8, 4) is 5.75 Å². The summed E-state index contributed by atoms with van der Waals surface area (Å²) in [7, 11) is 0. The highest BCUT2D eigenvalue weighted by molar-refractivity contribution is 5.85. The molecule has 2 atom stereocenters. The summed E-state index contributed by atoms with van der Waals surface area (Å²) in [4.78, 5) is 2.18. The third-order valence-electron chi connectivity index (χ3n) is 3.09. The van der Waals surface area contributed by atoms with Crippen molar-refractivity contribution in [2.75, 3.05) is 13.1 Å². The third-order valence-corrected chi connectivity index (χ3v) is 3.09. The average molecular weight is 261 g/mol. The minimum Gasteiger partial charge on any atom is -0.508 e. The number of likely N-dealkylation sites (tertiary alicyclic amines) is 1. The van der Waals surface area contributed by atoms with Crippen LogP contribution >= 0.6 is 12.4 Å². The van der Waals surface area contributed by atoms with Gasteiger partial charge in [0.2, 0.25) is 0 Å². The number of phenols is 1. The molecule has 1 aliphatic rings. The maximum atomic E-state index is 13.1. The van der Waals surface area contributed by atoms with E-state index in [2.05, 4.69) is 11.8 Å². The third kappa shape index (κ3) is 3.56. The van der Waals surface area contributed by atoms with Crippen LogP contribution in [0.3, 0.4) is 0 Å². The lowest BCUT2D eigenvalue weighted by Gasteiger charge is -2.15. The molecule has 1 saturated heterocycles. The Labute approximate surface area is 107 Å². The maximum Gasteiger partial charge on any atom is 0.127 e. The topological polar surface area (TPSA) is 49.5 Å². The smallest absolute Gasteiger partial charge is 0.127 e. The summed E-state index contributed by atoms with van der Waals surface area (Å²) in [5.74, 6) is 0.0558. The van der Waals surface area contributed by atoms with Crippen LogP contribution in [0.4, 0.5) is 4.39 Å². The molecule has 0 saturated carbocycles. The molecule has 0 radical (unpaired) electrons. The van der Waals surface area contributed by atoms with E-state index in [0.717, 1.165) is 24.7 Å². The van der Waals surface area contributed by atoms with Gasteiger partial charge in [0.15, 0.2) is 0 Å². The van der Waals surface area contributed by atoms with Gasteiger partial charge in [0.1, 0.15) is 11.6 Å². The molecule has 2 unspecified atom stereocenters. The summed E-state index contributed by atoms with van der Waals surface area (Å²) in [5, 5.41) is 9.29. The molecule has 1 aromatic rings. The first-order valence-electron chi connectivity index (χ1n) is 5.51. The van der Waals surface area contributed by atoms with Gasteiger partial charge in [0.25, 0.3) is 0 Å². The second-order valence-electron chi connectivity index (χ2n) is 4.65. The van der Waals surface area contributed by atoms with E-state index in [0.29, 0.717) is 12.5 Å². The SMILES string of the molecule is CC1CN(Cc2cc(O)cc(F)c2)CC1N.Cl. The molecule has 17 heavy (non-hydrogen) atoms. The van der Waals surface area contributed by atoms with Gasteiger partial charge in [-0.25, -0.2) is 4.39 Å². The van der Waals surface area contributed by atoms with Crippen LogP contribution in [0.25, 0.3) is 0 Å². The van der Waals surface area contributed by atoms with Gasteiger partial charge in [-0.1, -0.05) is 6.92 Å². The van der Waals surface area contributed by atoms with Gasteiger partial charge in [-0.3, -0.25) is 4.90 Å². The molecular weight excluding hydrogens is 243 g/mol. The number of hydrogen-bond donors (Lipinski definition) is 2. The number of rotatable bonds is 2. The predicted octanol–water partition coefficient (Wildman–Crippen LogP) is 1.73. The second-order valence-corrected chi connectivity index (χ2v) is 4.65. The summed E-state index contributed by atoms with van der Waals surface area (Å²) in [6.45, 7) is 4.52. The number of hydrogen-bond acceptors (Lipinski definition) is 3. The minimum atomic E-state index is -0.397. The minimum absolute atomic E-state index is 0. The van der Waals surface area contributed by atoms with Crippen molar-refractivity contribution in [1.29, 1.82) is 0 Å². The average Bonchev–Trinajstić information content (AvgIpc) is 2.43. The quantitative estimate of drug-likeness (QED) is 0.852. The largest absolute Gasteiger partial charge is 0.508 e. The standard InChI is InChI=1S/C12H17FN2O.ClH/c1-8-5-15(7-12(8)14)6-9-2-10(13)4-11(16)3-9;/h2-4,8,12,16H,5-7,14H2,1H3;1H. The fraction of sp³-hybridized carbons (Fsp3) is 0.500. The maximum absolute atomic E-state index is 13.1. The molecule has 0 amide bonds. The fourth-order valence-corrected chi connectivity index (χ4v) is 2.21. The van der Waals surface area contributed by atoms with E-state index in [-0.39, 0.29) is 24.2 Å². The Kier molecular flexibility index (Phi) is 4.74. The van der Waals surface area contributed by atoms with Gasteiger partial charge in [-0.15, -0.1) is 12.4 Å². The number of halogens is 2. The van der Waals surface area contributed by atoms with Gasteiger partial charge in [0.05, 0.1) is 0 Å². The van der Waals surface area contributed by atoms with Gasteiger partial charge in [0, 0.05) is 31.7 Å². The van der Waals surface area contributed by atoms with Crippen LogP contribution in [0.5, 0.6) is 5.75 Å². The summed E-state index contributed by atoms with van der Waals surface area (Å²) < 4.78 is 13.1. The monoisotopic (exact) mass is 260 g/mol. The lowest BCUT2D eigenvalue weighted by Crippen LogP contribution is -2.28. The number of aromatic hydroxyl groups is 1. The van der Waals surface area contributed by atoms with Crippen molar-refractivity contribution in [2.45, 2.75) is 19.5 Å². The van der Waals surface area contributed by atoms with Crippen LogP contribution in [0.15, 0.2) is 18.2 Å². The summed E-state index contributed by atoms with van der Waals surface area (Å²) >= 11 is 0. The Hall–Kier alpha value is -0.840. The van der Waals surface area contributed by atoms with E-state index in [9.17, 15) is 9.50 Å². The number of nitrogens with two attached hydrogens (primary N) is 1. The molecule has 1 aromatic carbocycles. The molecule has 3 nitrogen and oxygen atoms in total. The van der Waals surface area contributed by atoms with E-state index in [1.807, 2.05) is 0 Å². The first-order chi connectivity index (χ1) is 7.54.